The van der Waals surface area contributed by atoms with Gasteiger partial charge in [-0.3, -0.25) is 0 Å². The Morgan fingerprint density at radius 2 is 2.14 bits per heavy atom. The molecule has 0 aliphatic rings. The summed E-state index contributed by atoms with van der Waals surface area (Å²) >= 11 is 0. The molecule has 7 nitrogen and oxygen atoms in total. The van der Waals surface area contributed by atoms with Crippen LogP contribution in [0.25, 0.3) is 0 Å². The number of aromatic carboxylic acids is 1. The molecular formula is C14H13N3O4. The standard InChI is InChI=1S/C14H13N3O4/c1-8-10(7-15)13(17(2)16-8)21-12-6-9(14(18)19)4-5-11(12)20-3/h4-6H,1-3H3,(H,18,19). The van der Waals surface area contributed by atoms with Crippen LogP contribution < -0.4 is 9.47 Å². The number of carboxylic acids is 1. The van der Waals surface area contributed by atoms with Crippen molar-refractivity contribution in [2.24, 2.45) is 7.05 Å². The summed E-state index contributed by atoms with van der Waals surface area (Å²) < 4.78 is 12.2. The Morgan fingerprint density at radius 1 is 1.43 bits per heavy atom. The quantitative estimate of drug-likeness (QED) is 0.924. The molecule has 2 rings (SSSR count). The van der Waals surface area contributed by atoms with Gasteiger partial charge in [0.25, 0.3) is 0 Å². The number of nitriles is 1. The third-order valence-electron chi connectivity index (χ3n) is 2.90. The number of rotatable bonds is 4. The van der Waals surface area contributed by atoms with Gasteiger partial charge in [-0.05, 0) is 25.1 Å². The van der Waals surface area contributed by atoms with Crippen LogP contribution in [0.3, 0.4) is 0 Å². The second-order valence-electron chi connectivity index (χ2n) is 4.27. The largest absolute Gasteiger partial charge is 0.493 e. The van der Waals surface area contributed by atoms with E-state index in [1.54, 1.807) is 14.0 Å². The number of hydrogen-bond donors (Lipinski definition) is 1. The van der Waals surface area contributed by atoms with Gasteiger partial charge >= 0.3 is 5.97 Å². The van der Waals surface area contributed by atoms with Gasteiger partial charge in [0.2, 0.25) is 5.88 Å². The number of benzene rings is 1. The van der Waals surface area contributed by atoms with Crippen LogP contribution in [0.4, 0.5) is 0 Å². The fourth-order valence-electron chi connectivity index (χ4n) is 1.88. The van der Waals surface area contributed by atoms with Crippen LogP contribution in [0, 0.1) is 18.3 Å². The second kappa shape index (κ2) is 5.54. The SMILES string of the molecule is COc1ccc(C(=O)O)cc1Oc1c(C#N)c(C)nn1C. The third-order valence-corrected chi connectivity index (χ3v) is 2.90. The van der Waals surface area contributed by atoms with E-state index in [0.717, 1.165) is 0 Å². The van der Waals surface area contributed by atoms with E-state index in [1.807, 2.05) is 6.07 Å². The van der Waals surface area contributed by atoms with Crippen molar-refractivity contribution in [3.8, 4) is 23.4 Å². The predicted octanol–water partition coefficient (Wildman–Crippen LogP) is 2.10. The maximum Gasteiger partial charge on any atom is 0.335 e. The summed E-state index contributed by atoms with van der Waals surface area (Å²) in [6.45, 7) is 1.69. The Labute approximate surface area is 120 Å². The Hall–Kier alpha value is -3.01. The topological polar surface area (TPSA) is 97.4 Å². The van der Waals surface area contributed by atoms with Crippen LogP contribution in [0.5, 0.6) is 17.4 Å². The Bertz CT molecular complexity index is 743. The van der Waals surface area contributed by atoms with Gasteiger partial charge in [0.15, 0.2) is 11.5 Å². The van der Waals surface area contributed by atoms with Crippen molar-refractivity contribution >= 4 is 5.97 Å². The van der Waals surface area contributed by atoms with Crippen molar-refractivity contribution in [1.29, 1.82) is 5.26 Å². The number of methoxy groups -OCH3 is 1. The number of carbonyl (C=O) groups is 1. The highest BCUT2D eigenvalue weighted by Gasteiger charge is 2.18. The van der Waals surface area contributed by atoms with E-state index in [2.05, 4.69) is 5.10 Å². The van der Waals surface area contributed by atoms with Gasteiger partial charge < -0.3 is 14.6 Å². The third kappa shape index (κ3) is 2.65. The van der Waals surface area contributed by atoms with Gasteiger partial charge in [-0.1, -0.05) is 0 Å². The smallest absolute Gasteiger partial charge is 0.335 e. The van der Waals surface area contributed by atoms with Gasteiger partial charge in [-0.15, -0.1) is 0 Å². The molecule has 0 fully saturated rings. The Morgan fingerprint density at radius 3 is 2.71 bits per heavy atom. The Kier molecular flexibility index (Phi) is 3.80. The lowest BCUT2D eigenvalue weighted by atomic mass is 10.2. The van der Waals surface area contributed by atoms with Gasteiger partial charge in [0.1, 0.15) is 11.6 Å². The first-order valence-corrected chi connectivity index (χ1v) is 6.00. The molecule has 1 aromatic heterocycles. The summed E-state index contributed by atoms with van der Waals surface area (Å²) in [7, 11) is 3.08. The Balaban J connectivity index is 2.51. The highest BCUT2D eigenvalue weighted by atomic mass is 16.5. The minimum Gasteiger partial charge on any atom is -0.493 e. The molecule has 7 heteroatoms. The number of carboxylic acid groups (broad SMARTS) is 1. The van der Waals surface area contributed by atoms with Gasteiger partial charge in [-0.2, -0.15) is 10.4 Å². The minimum atomic E-state index is -1.08. The lowest BCUT2D eigenvalue weighted by Crippen LogP contribution is -2.01. The number of hydrogen-bond acceptors (Lipinski definition) is 5. The molecule has 21 heavy (non-hydrogen) atoms. The molecule has 0 saturated carbocycles. The van der Waals surface area contributed by atoms with E-state index >= 15 is 0 Å². The van der Waals surface area contributed by atoms with Gasteiger partial charge in [0.05, 0.1) is 18.4 Å². The fourth-order valence-corrected chi connectivity index (χ4v) is 1.88. The first-order chi connectivity index (χ1) is 9.97. The van der Waals surface area contributed by atoms with Gasteiger partial charge in [-0.25, -0.2) is 9.48 Å². The summed E-state index contributed by atoms with van der Waals surface area (Å²) in [5.41, 5.74) is 0.881. The zero-order valence-corrected chi connectivity index (χ0v) is 11.7. The lowest BCUT2D eigenvalue weighted by Gasteiger charge is -2.11. The fraction of sp³-hybridized carbons (Fsp3) is 0.214. The highest BCUT2D eigenvalue weighted by Crippen LogP contribution is 2.34. The van der Waals surface area contributed by atoms with Crippen LogP contribution in [-0.2, 0) is 7.05 Å². The van der Waals surface area contributed by atoms with Crippen LogP contribution in [0.15, 0.2) is 18.2 Å². The lowest BCUT2D eigenvalue weighted by molar-refractivity contribution is 0.0696. The normalized spacial score (nSPS) is 10.0. The molecule has 0 radical (unpaired) electrons. The van der Waals surface area contributed by atoms with Crippen LogP contribution in [0.2, 0.25) is 0 Å². The van der Waals surface area contributed by atoms with E-state index in [-0.39, 0.29) is 17.2 Å². The number of aromatic nitrogens is 2. The highest BCUT2D eigenvalue weighted by molar-refractivity contribution is 5.88. The number of aryl methyl sites for hydroxylation is 2. The van der Waals surface area contributed by atoms with Crippen molar-refractivity contribution in [3.63, 3.8) is 0 Å². The molecule has 1 N–H and O–H groups in total. The molecule has 0 saturated heterocycles. The summed E-state index contributed by atoms with van der Waals surface area (Å²) in [5.74, 6) is -0.278. The zero-order chi connectivity index (χ0) is 15.6. The molecule has 0 bridgehead atoms. The van der Waals surface area contributed by atoms with Crippen LogP contribution in [0.1, 0.15) is 21.6 Å². The summed E-state index contributed by atoms with van der Waals surface area (Å²) in [5, 5.41) is 22.3. The van der Waals surface area contributed by atoms with Crippen molar-refractivity contribution in [1.82, 2.24) is 9.78 Å². The maximum atomic E-state index is 11.0. The second-order valence-corrected chi connectivity index (χ2v) is 4.27. The monoisotopic (exact) mass is 287 g/mol. The summed E-state index contributed by atoms with van der Waals surface area (Å²) in [4.78, 5) is 11.0. The van der Waals surface area contributed by atoms with Crippen LogP contribution in [-0.4, -0.2) is 28.0 Å². The molecule has 0 amide bonds. The molecule has 108 valence electrons. The predicted molar refractivity (Wildman–Crippen MR) is 72.7 cm³/mol. The molecule has 0 unspecified atom stereocenters. The summed E-state index contributed by atoms with van der Waals surface area (Å²) in [6, 6.07) is 6.26. The molecule has 2 aromatic rings. The minimum absolute atomic E-state index is 0.0585. The summed E-state index contributed by atoms with van der Waals surface area (Å²) in [6.07, 6.45) is 0. The molecule has 0 atom stereocenters. The first-order valence-electron chi connectivity index (χ1n) is 6.00. The van der Waals surface area contributed by atoms with Crippen molar-refractivity contribution < 1.29 is 19.4 Å². The van der Waals surface area contributed by atoms with Crippen molar-refractivity contribution in [2.75, 3.05) is 7.11 Å². The van der Waals surface area contributed by atoms with Crippen molar-refractivity contribution in [2.45, 2.75) is 6.92 Å². The number of nitrogens with zero attached hydrogens (tertiary/aromatic N) is 3. The maximum absolute atomic E-state index is 11.0. The average Bonchev–Trinajstić information content (AvgIpc) is 2.72. The first kappa shape index (κ1) is 14.4. The molecule has 1 aromatic carbocycles. The zero-order valence-electron chi connectivity index (χ0n) is 11.7. The molecular weight excluding hydrogens is 274 g/mol. The van der Waals surface area contributed by atoms with E-state index in [4.69, 9.17) is 19.8 Å². The van der Waals surface area contributed by atoms with Gasteiger partial charge in [0, 0.05) is 7.05 Å². The molecule has 0 spiro atoms. The average molecular weight is 287 g/mol. The van der Waals surface area contributed by atoms with E-state index < -0.39 is 5.97 Å². The van der Waals surface area contributed by atoms with E-state index in [9.17, 15) is 4.79 Å². The van der Waals surface area contributed by atoms with Crippen molar-refractivity contribution in [3.05, 3.63) is 35.0 Å². The molecule has 1 heterocycles. The van der Waals surface area contributed by atoms with E-state index in [0.29, 0.717) is 17.0 Å². The number of ether oxygens (including phenoxy) is 2. The van der Waals surface area contributed by atoms with E-state index in [1.165, 1.54) is 30.0 Å². The molecule has 0 aliphatic carbocycles. The molecule has 0 aliphatic heterocycles. The van der Waals surface area contributed by atoms with Crippen LogP contribution >= 0.6 is 0 Å².